The first-order chi connectivity index (χ1) is 16.8. The van der Waals surface area contributed by atoms with E-state index in [1.165, 1.54) is 17.0 Å². The molecule has 36 heavy (non-hydrogen) atoms. The van der Waals surface area contributed by atoms with E-state index in [0.29, 0.717) is 22.2 Å². The summed E-state index contributed by atoms with van der Waals surface area (Å²) in [5.74, 6) is -0.311. The lowest BCUT2D eigenvalue weighted by Gasteiger charge is -2.30. The molecule has 0 aliphatic carbocycles. The fourth-order valence-electron chi connectivity index (χ4n) is 3.50. The predicted molar refractivity (Wildman–Crippen MR) is 147 cm³/mol. The Morgan fingerprint density at radius 3 is 2.28 bits per heavy atom. The molecule has 7 nitrogen and oxygen atoms in total. The second-order valence-corrected chi connectivity index (χ2v) is 12.1. The predicted octanol–water partition coefficient (Wildman–Crippen LogP) is 5.38. The van der Waals surface area contributed by atoms with Crippen molar-refractivity contribution in [3.05, 3.63) is 63.1 Å². The van der Waals surface area contributed by atoms with Gasteiger partial charge in [-0.05, 0) is 49.1 Å². The van der Waals surface area contributed by atoms with Crippen LogP contribution in [0.2, 0.25) is 15.1 Å². The highest BCUT2D eigenvalue weighted by atomic mass is 35.5. The maximum atomic E-state index is 13.3. The smallest absolute Gasteiger partial charge is 0.242 e. The van der Waals surface area contributed by atoms with Crippen LogP contribution in [0.5, 0.6) is 0 Å². The highest BCUT2D eigenvalue weighted by molar-refractivity contribution is 7.92. The molecule has 2 aromatic rings. The minimum Gasteiger partial charge on any atom is -0.354 e. The number of benzene rings is 2. The molecule has 0 saturated heterocycles. The van der Waals surface area contributed by atoms with Crippen molar-refractivity contribution in [1.29, 1.82) is 0 Å². The Morgan fingerprint density at radius 1 is 1.00 bits per heavy atom. The lowest BCUT2D eigenvalue weighted by atomic mass is 10.1. The van der Waals surface area contributed by atoms with Gasteiger partial charge in [0, 0.05) is 36.1 Å². The van der Waals surface area contributed by atoms with Crippen LogP contribution in [0, 0.1) is 5.92 Å². The van der Waals surface area contributed by atoms with E-state index in [9.17, 15) is 18.0 Å². The third-order valence-corrected chi connectivity index (χ3v) is 7.58. The summed E-state index contributed by atoms with van der Waals surface area (Å²) in [6.45, 7) is 6.28. The summed E-state index contributed by atoms with van der Waals surface area (Å²) in [6.07, 6.45) is 1.28. The van der Waals surface area contributed by atoms with Crippen LogP contribution in [-0.2, 0) is 26.2 Å². The van der Waals surface area contributed by atoms with E-state index in [1.54, 1.807) is 31.2 Å². The summed E-state index contributed by atoms with van der Waals surface area (Å²) in [5.41, 5.74) is 0.952. The lowest BCUT2D eigenvalue weighted by Crippen LogP contribution is -2.48. The fraction of sp³-hybridized carbons (Fsp3) is 0.440. The van der Waals surface area contributed by atoms with Crippen LogP contribution in [0.25, 0.3) is 0 Å². The standard InChI is InChI=1S/C25H32Cl3N3O4S/c1-17(2)15-29-25(33)18(3)30(16-19-8-5-6-9-21(19)27)24(32)10-7-13-31(36(4,34)35)23-14-20(26)11-12-22(23)28/h5-6,8-9,11-12,14,17-18H,7,10,13,15-16H2,1-4H3,(H,29,33)/t18-/m1/s1. The molecule has 2 amide bonds. The second kappa shape index (κ2) is 13.5. The minimum atomic E-state index is -3.69. The van der Waals surface area contributed by atoms with Crippen molar-refractivity contribution in [2.24, 2.45) is 5.92 Å². The number of halogens is 3. The van der Waals surface area contributed by atoms with E-state index in [0.717, 1.165) is 10.6 Å². The third-order valence-electron chi connectivity index (χ3n) is 5.48. The van der Waals surface area contributed by atoms with E-state index in [-0.39, 0.29) is 54.4 Å². The van der Waals surface area contributed by atoms with Crippen molar-refractivity contribution in [3.8, 4) is 0 Å². The van der Waals surface area contributed by atoms with Crippen molar-refractivity contribution >= 4 is 62.3 Å². The number of sulfonamides is 1. The molecule has 0 aliphatic rings. The monoisotopic (exact) mass is 575 g/mol. The van der Waals surface area contributed by atoms with Gasteiger partial charge in [-0.25, -0.2) is 8.42 Å². The quantitative estimate of drug-likeness (QED) is 0.367. The third kappa shape index (κ3) is 8.83. The lowest BCUT2D eigenvalue weighted by molar-refractivity contribution is -0.140. The molecule has 0 radical (unpaired) electrons. The maximum Gasteiger partial charge on any atom is 0.242 e. The topological polar surface area (TPSA) is 86.8 Å². The van der Waals surface area contributed by atoms with Gasteiger partial charge in [-0.1, -0.05) is 66.8 Å². The van der Waals surface area contributed by atoms with Gasteiger partial charge < -0.3 is 10.2 Å². The Kier molecular flexibility index (Phi) is 11.3. The van der Waals surface area contributed by atoms with Crippen molar-refractivity contribution in [2.45, 2.75) is 46.2 Å². The van der Waals surface area contributed by atoms with Crippen molar-refractivity contribution in [1.82, 2.24) is 10.2 Å². The zero-order valence-electron chi connectivity index (χ0n) is 20.8. The Morgan fingerprint density at radius 2 is 1.67 bits per heavy atom. The van der Waals surface area contributed by atoms with Crippen molar-refractivity contribution < 1.29 is 18.0 Å². The van der Waals surface area contributed by atoms with Crippen molar-refractivity contribution in [3.63, 3.8) is 0 Å². The Balaban J connectivity index is 2.21. The van der Waals surface area contributed by atoms with Crippen LogP contribution >= 0.6 is 34.8 Å². The zero-order chi connectivity index (χ0) is 27.0. The van der Waals surface area contributed by atoms with Crippen LogP contribution < -0.4 is 9.62 Å². The van der Waals surface area contributed by atoms with E-state index in [2.05, 4.69) is 5.32 Å². The van der Waals surface area contributed by atoms with Gasteiger partial charge in [-0.15, -0.1) is 0 Å². The number of carbonyl (C=O) groups is 2. The number of hydrogen-bond acceptors (Lipinski definition) is 4. The average molecular weight is 577 g/mol. The fourth-order valence-corrected chi connectivity index (χ4v) is 5.11. The SMILES string of the molecule is CC(C)CNC(=O)[C@@H](C)N(Cc1ccccc1Cl)C(=O)CCCN(c1cc(Cl)ccc1Cl)S(C)(=O)=O. The number of rotatable bonds is 12. The maximum absolute atomic E-state index is 13.3. The van der Waals surface area contributed by atoms with Gasteiger partial charge in [0.1, 0.15) is 6.04 Å². The van der Waals surface area contributed by atoms with Gasteiger partial charge >= 0.3 is 0 Å². The molecule has 1 N–H and O–H groups in total. The van der Waals surface area contributed by atoms with Gasteiger partial charge in [0.15, 0.2) is 0 Å². The minimum absolute atomic E-state index is 0.0104. The molecule has 2 rings (SSSR count). The number of anilines is 1. The first-order valence-corrected chi connectivity index (χ1v) is 14.5. The Hall–Kier alpha value is -2.00. The summed E-state index contributed by atoms with van der Waals surface area (Å²) in [5, 5.41) is 3.92. The normalized spacial score (nSPS) is 12.3. The average Bonchev–Trinajstić information content (AvgIpc) is 2.80. The molecule has 11 heteroatoms. The highest BCUT2D eigenvalue weighted by Gasteiger charge is 2.27. The van der Waals surface area contributed by atoms with Gasteiger partial charge in [0.2, 0.25) is 21.8 Å². The van der Waals surface area contributed by atoms with E-state index in [1.807, 2.05) is 19.9 Å². The Labute approximate surface area is 228 Å². The summed E-state index contributed by atoms with van der Waals surface area (Å²) >= 11 is 18.6. The molecule has 0 unspecified atom stereocenters. The van der Waals surface area contributed by atoms with Crippen LogP contribution in [0.1, 0.15) is 39.2 Å². The summed E-state index contributed by atoms with van der Waals surface area (Å²) < 4.78 is 26.1. The molecular weight excluding hydrogens is 545 g/mol. The molecule has 2 aromatic carbocycles. The number of hydrogen-bond donors (Lipinski definition) is 1. The summed E-state index contributed by atoms with van der Waals surface area (Å²) in [4.78, 5) is 27.6. The molecule has 198 valence electrons. The van der Waals surface area contributed by atoms with Crippen LogP contribution in [-0.4, -0.2) is 50.5 Å². The number of nitrogens with one attached hydrogen (secondary N) is 1. The number of nitrogens with zero attached hydrogens (tertiary/aromatic N) is 2. The van der Waals surface area contributed by atoms with Gasteiger partial charge in [0.25, 0.3) is 0 Å². The second-order valence-electron chi connectivity index (χ2n) is 8.96. The van der Waals surface area contributed by atoms with Crippen molar-refractivity contribution in [2.75, 3.05) is 23.7 Å². The molecular formula is C25H32Cl3N3O4S. The molecule has 0 aliphatic heterocycles. The van der Waals surface area contributed by atoms with E-state index >= 15 is 0 Å². The van der Waals surface area contributed by atoms with Gasteiger partial charge in [-0.3, -0.25) is 13.9 Å². The Bertz CT molecular complexity index is 1170. The molecule has 0 bridgehead atoms. The largest absolute Gasteiger partial charge is 0.354 e. The molecule has 1 atom stereocenters. The van der Waals surface area contributed by atoms with Crippen LogP contribution in [0.15, 0.2) is 42.5 Å². The first kappa shape index (κ1) is 30.2. The number of carbonyl (C=O) groups excluding carboxylic acids is 2. The molecule has 0 heterocycles. The molecule has 0 aromatic heterocycles. The van der Waals surface area contributed by atoms with Gasteiger partial charge in [0.05, 0.1) is 17.0 Å². The summed E-state index contributed by atoms with van der Waals surface area (Å²) in [7, 11) is -3.69. The highest BCUT2D eigenvalue weighted by Crippen LogP contribution is 2.31. The van der Waals surface area contributed by atoms with E-state index in [4.69, 9.17) is 34.8 Å². The van der Waals surface area contributed by atoms with Crippen LogP contribution in [0.4, 0.5) is 5.69 Å². The first-order valence-electron chi connectivity index (χ1n) is 11.5. The van der Waals surface area contributed by atoms with Gasteiger partial charge in [-0.2, -0.15) is 0 Å². The van der Waals surface area contributed by atoms with E-state index < -0.39 is 16.1 Å². The number of amides is 2. The molecule has 0 saturated carbocycles. The zero-order valence-corrected chi connectivity index (χ0v) is 23.9. The molecule has 0 fully saturated rings. The van der Waals surface area contributed by atoms with Crippen LogP contribution in [0.3, 0.4) is 0 Å². The molecule has 0 spiro atoms. The summed E-state index contributed by atoms with van der Waals surface area (Å²) in [6, 6.07) is 10.9.